The topological polar surface area (TPSA) is 25.5 Å². The lowest BCUT2D eigenvalue weighted by Gasteiger charge is -1.96. The molecule has 104 valence electrons. The van der Waals surface area contributed by atoms with E-state index in [9.17, 15) is 0 Å². The molecule has 1 aromatic heterocycles. The minimum Gasteiger partial charge on any atom is -0.455 e. The van der Waals surface area contributed by atoms with Crippen molar-refractivity contribution < 1.29 is 4.42 Å². The molecule has 3 rings (SSSR count). The van der Waals surface area contributed by atoms with E-state index in [0.29, 0.717) is 10.8 Å². The van der Waals surface area contributed by atoms with Crippen LogP contribution in [0.3, 0.4) is 0 Å². The van der Waals surface area contributed by atoms with Gasteiger partial charge in [-0.3, -0.25) is 4.99 Å². The number of aliphatic imine (C=N–C) groups is 1. The molecule has 2 nitrogen and oxygen atoms in total. The van der Waals surface area contributed by atoms with Gasteiger partial charge < -0.3 is 4.42 Å². The van der Waals surface area contributed by atoms with Crippen molar-refractivity contribution in [1.82, 2.24) is 0 Å². The summed E-state index contributed by atoms with van der Waals surface area (Å²) in [4.78, 5) is 4.35. The molecule has 0 atom stereocenters. The summed E-state index contributed by atoms with van der Waals surface area (Å²) in [6.07, 6.45) is 1.70. The monoisotopic (exact) mass is 359 g/mol. The van der Waals surface area contributed by atoms with Crippen molar-refractivity contribution in [3.63, 3.8) is 0 Å². The first-order valence-corrected chi connectivity index (χ1v) is 7.53. The number of hydrogen-bond donors (Lipinski definition) is 0. The lowest BCUT2D eigenvalue weighted by atomic mass is 10.2. The first kappa shape index (κ1) is 14.1. The van der Waals surface area contributed by atoms with Gasteiger partial charge in [0, 0.05) is 15.1 Å². The van der Waals surface area contributed by atoms with Crippen LogP contribution < -0.4 is 0 Å². The fraction of sp³-hybridized carbons (Fsp3) is 0. The van der Waals surface area contributed by atoms with Crippen molar-refractivity contribution in [3.05, 3.63) is 75.9 Å². The summed E-state index contributed by atoms with van der Waals surface area (Å²) in [6, 6.07) is 19.1. The third kappa shape index (κ3) is 3.63. The SMILES string of the molecule is Clc1ccc(N=Cc2ccc(-c3ccc(Br)cc3)o2)cc1. The van der Waals surface area contributed by atoms with Crippen LogP contribution in [0.5, 0.6) is 0 Å². The highest BCUT2D eigenvalue weighted by Gasteiger charge is 2.03. The van der Waals surface area contributed by atoms with Gasteiger partial charge in [-0.2, -0.15) is 0 Å². The Morgan fingerprint density at radius 2 is 1.62 bits per heavy atom. The fourth-order valence-electron chi connectivity index (χ4n) is 1.86. The van der Waals surface area contributed by atoms with Gasteiger partial charge in [-0.15, -0.1) is 0 Å². The molecule has 0 saturated carbocycles. The van der Waals surface area contributed by atoms with Crippen LogP contribution >= 0.6 is 27.5 Å². The van der Waals surface area contributed by atoms with Gasteiger partial charge in [-0.05, 0) is 48.5 Å². The number of nitrogens with zero attached hydrogens (tertiary/aromatic N) is 1. The largest absolute Gasteiger partial charge is 0.455 e. The Bertz CT molecular complexity index is 760. The zero-order chi connectivity index (χ0) is 14.7. The Hall–Kier alpha value is -1.84. The van der Waals surface area contributed by atoms with Crippen LogP contribution in [0.4, 0.5) is 5.69 Å². The van der Waals surface area contributed by atoms with Crippen molar-refractivity contribution in [1.29, 1.82) is 0 Å². The van der Waals surface area contributed by atoms with Crippen molar-refractivity contribution in [2.45, 2.75) is 0 Å². The number of hydrogen-bond acceptors (Lipinski definition) is 2. The van der Waals surface area contributed by atoms with Crippen molar-refractivity contribution in [3.8, 4) is 11.3 Å². The smallest absolute Gasteiger partial charge is 0.145 e. The van der Waals surface area contributed by atoms with E-state index >= 15 is 0 Å². The number of benzene rings is 2. The molecule has 21 heavy (non-hydrogen) atoms. The molecular weight excluding hydrogens is 350 g/mol. The molecule has 0 radical (unpaired) electrons. The molecule has 0 fully saturated rings. The van der Waals surface area contributed by atoms with Gasteiger partial charge in [0.1, 0.15) is 11.5 Å². The van der Waals surface area contributed by atoms with E-state index in [2.05, 4.69) is 20.9 Å². The lowest BCUT2D eigenvalue weighted by Crippen LogP contribution is -1.75. The summed E-state index contributed by atoms with van der Waals surface area (Å²) < 4.78 is 6.81. The maximum Gasteiger partial charge on any atom is 0.145 e. The van der Waals surface area contributed by atoms with Crippen LogP contribution in [0.25, 0.3) is 11.3 Å². The van der Waals surface area contributed by atoms with E-state index in [1.807, 2.05) is 60.7 Å². The molecule has 0 spiro atoms. The standard InChI is InChI=1S/C17H11BrClNO/c18-13-3-1-12(2-4-13)17-10-9-16(21-17)11-20-15-7-5-14(19)6-8-15/h1-11H. The van der Waals surface area contributed by atoms with Gasteiger partial charge in [0.05, 0.1) is 11.9 Å². The molecular formula is C17H11BrClNO. The van der Waals surface area contributed by atoms with E-state index in [-0.39, 0.29) is 0 Å². The quantitative estimate of drug-likeness (QED) is 0.517. The molecule has 0 aliphatic rings. The molecule has 0 saturated heterocycles. The van der Waals surface area contributed by atoms with Crippen LogP contribution in [0.1, 0.15) is 5.76 Å². The normalized spacial score (nSPS) is 11.1. The lowest BCUT2D eigenvalue weighted by molar-refractivity contribution is 0.575. The number of halogens is 2. The Labute approximate surface area is 136 Å². The summed E-state index contributed by atoms with van der Waals surface area (Å²) in [6.45, 7) is 0. The van der Waals surface area contributed by atoms with E-state index in [0.717, 1.165) is 21.5 Å². The van der Waals surface area contributed by atoms with Crippen molar-refractivity contribution in [2.75, 3.05) is 0 Å². The Morgan fingerprint density at radius 1 is 0.905 bits per heavy atom. The van der Waals surface area contributed by atoms with Gasteiger partial charge in [0.2, 0.25) is 0 Å². The minimum absolute atomic E-state index is 0.699. The molecule has 0 aliphatic heterocycles. The van der Waals surface area contributed by atoms with Crippen molar-refractivity contribution in [2.24, 2.45) is 4.99 Å². The summed E-state index contributed by atoms with van der Waals surface area (Å²) in [7, 11) is 0. The number of furan rings is 1. The molecule has 2 aromatic carbocycles. The predicted molar refractivity (Wildman–Crippen MR) is 90.5 cm³/mol. The Balaban J connectivity index is 1.78. The third-order valence-electron chi connectivity index (χ3n) is 2.92. The molecule has 3 aromatic rings. The highest BCUT2D eigenvalue weighted by Crippen LogP contribution is 2.24. The maximum absolute atomic E-state index is 5.84. The molecule has 0 bridgehead atoms. The van der Waals surface area contributed by atoms with Crippen LogP contribution in [-0.2, 0) is 0 Å². The Morgan fingerprint density at radius 3 is 2.33 bits per heavy atom. The second-order valence-corrected chi connectivity index (χ2v) is 5.80. The zero-order valence-corrected chi connectivity index (χ0v) is 13.3. The van der Waals surface area contributed by atoms with Crippen molar-refractivity contribution >= 4 is 39.4 Å². The molecule has 0 amide bonds. The summed E-state index contributed by atoms with van der Waals surface area (Å²) in [5.41, 5.74) is 1.87. The summed E-state index contributed by atoms with van der Waals surface area (Å²) in [5.74, 6) is 1.53. The second kappa shape index (κ2) is 6.29. The molecule has 4 heteroatoms. The van der Waals surface area contributed by atoms with Gasteiger partial charge in [0.15, 0.2) is 0 Å². The van der Waals surface area contributed by atoms with Crippen LogP contribution in [0.15, 0.2) is 74.5 Å². The minimum atomic E-state index is 0.699. The molecule has 0 N–H and O–H groups in total. The van der Waals surface area contributed by atoms with Gasteiger partial charge in [-0.1, -0.05) is 39.7 Å². The average molecular weight is 361 g/mol. The first-order valence-electron chi connectivity index (χ1n) is 6.36. The van der Waals surface area contributed by atoms with E-state index < -0.39 is 0 Å². The highest BCUT2D eigenvalue weighted by atomic mass is 79.9. The van der Waals surface area contributed by atoms with Crippen LogP contribution in [-0.4, -0.2) is 6.21 Å². The van der Waals surface area contributed by atoms with E-state index in [1.165, 1.54) is 0 Å². The molecule has 1 heterocycles. The van der Waals surface area contributed by atoms with Gasteiger partial charge >= 0.3 is 0 Å². The fourth-order valence-corrected chi connectivity index (χ4v) is 2.25. The van der Waals surface area contributed by atoms with Gasteiger partial charge in [0.25, 0.3) is 0 Å². The van der Waals surface area contributed by atoms with Crippen LogP contribution in [0.2, 0.25) is 5.02 Å². The molecule has 0 unspecified atom stereocenters. The first-order chi connectivity index (χ1) is 10.2. The maximum atomic E-state index is 5.84. The summed E-state index contributed by atoms with van der Waals surface area (Å²) >= 11 is 9.26. The Kier molecular flexibility index (Phi) is 4.23. The second-order valence-electron chi connectivity index (χ2n) is 4.44. The predicted octanol–water partition coefficient (Wildman–Crippen LogP) is 6.11. The van der Waals surface area contributed by atoms with E-state index in [1.54, 1.807) is 6.21 Å². The third-order valence-corrected chi connectivity index (χ3v) is 3.70. The van der Waals surface area contributed by atoms with Gasteiger partial charge in [-0.25, -0.2) is 0 Å². The number of rotatable bonds is 3. The zero-order valence-electron chi connectivity index (χ0n) is 11.0. The molecule has 0 aliphatic carbocycles. The van der Waals surface area contributed by atoms with E-state index in [4.69, 9.17) is 16.0 Å². The summed E-state index contributed by atoms with van der Waals surface area (Å²) in [5, 5.41) is 0.699. The average Bonchev–Trinajstić information content (AvgIpc) is 2.96. The highest BCUT2D eigenvalue weighted by molar-refractivity contribution is 9.10. The van der Waals surface area contributed by atoms with Crippen LogP contribution in [0, 0.1) is 0 Å².